The average Bonchev–Trinajstić information content (AvgIpc) is 3.12. The zero-order valence-corrected chi connectivity index (χ0v) is 15.5. The summed E-state index contributed by atoms with van der Waals surface area (Å²) < 4.78 is 0. The molecule has 1 spiro atoms. The molecular weight excluding hydrogens is 344 g/mol. The summed E-state index contributed by atoms with van der Waals surface area (Å²) in [4.78, 5) is 37.0. The lowest BCUT2D eigenvalue weighted by Gasteiger charge is -2.40. The maximum Gasteiger partial charge on any atom is 0.273 e. The number of anilines is 1. The van der Waals surface area contributed by atoms with Crippen molar-refractivity contribution in [3.05, 3.63) is 24.5 Å². The Kier molecular flexibility index (Phi) is 5.09. The van der Waals surface area contributed by atoms with Crippen LogP contribution in [0.3, 0.4) is 0 Å². The number of hydrogen-bond acceptors (Lipinski definition) is 5. The fourth-order valence-electron chi connectivity index (χ4n) is 4.40. The molecule has 2 fully saturated rings. The van der Waals surface area contributed by atoms with Gasteiger partial charge in [-0.3, -0.25) is 14.6 Å². The van der Waals surface area contributed by atoms with Gasteiger partial charge in [-0.15, -0.1) is 0 Å². The van der Waals surface area contributed by atoms with Gasteiger partial charge in [-0.2, -0.15) is 0 Å². The van der Waals surface area contributed by atoms with E-state index in [1.807, 2.05) is 4.90 Å². The molecule has 2 amide bonds. The predicted octanol–water partition coefficient (Wildman–Crippen LogP) is 2.74. The minimum Gasteiger partial charge on any atom is -0.386 e. The van der Waals surface area contributed by atoms with Gasteiger partial charge in [-0.05, 0) is 37.8 Å². The van der Waals surface area contributed by atoms with Crippen LogP contribution in [0.2, 0.25) is 0 Å². The second-order valence-electron chi connectivity index (χ2n) is 7.88. The molecule has 1 aromatic rings. The van der Waals surface area contributed by atoms with Gasteiger partial charge in [0.05, 0.1) is 18.4 Å². The molecule has 1 atom stereocenters. The Balaban J connectivity index is 1.37. The summed E-state index contributed by atoms with van der Waals surface area (Å²) in [5.41, 5.74) is 0.458. The Morgan fingerprint density at radius 1 is 1.22 bits per heavy atom. The summed E-state index contributed by atoms with van der Waals surface area (Å²) in [7, 11) is 0. The number of piperidine rings is 1. The Labute approximate surface area is 159 Å². The van der Waals surface area contributed by atoms with Gasteiger partial charge in [0.15, 0.2) is 5.60 Å². The minimum absolute atomic E-state index is 0.157. The monoisotopic (exact) mass is 370 g/mol. The smallest absolute Gasteiger partial charge is 0.273 e. The first-order valence-corrected chi connectivity index (χ1v) is 9.90. The largest absolute Gasteiger partial charge is 0.386 e. The fourth-order valence-corrected chi connectivity index (χ4v) is 4.40. The third kappa shape index (κ3) is 3.96. The molecule has 4 rings (SSSR count). The number of hydrogen-bond donors (Lipinski definition) is 1. The molecule has 0 radical (unpaired) electrons. The minimum atomic E-state index is -0.551. The van der Waals surface area contributed by atoms with Crippen LogP contribution < -0.4 is 5.32 Å². The zero-order valence-electron chi connectivity index (χ0n) is 15.5. The van der Waals surface area contributed by atoms with Gasteiger partial charge >= 0.3 is 0 Å². The van der Waals surface area contributed by atoms with Gasteiger partial charge in [0.2, 0.25) is 5.91 Å². The van der Waals surface area contributed by atoms with E-state index in [0.717, 1.165) is 45.1 Å². The number of likely N-dealkylation sites (tertiary alicyclic amines) is 1. The van der Waals surface area contributed by atoms with Gasteiger partial charge in [0, 0.05) is 25.1 Å². The standard InChI is InChI=1S/C20H26N4O3/c25-18(22-16-8-4-10-21-13-16)17-12-20(27-23-17)9-5-11-24(14-20)19(26)15-6-2-1-3-7-15/h4,8,10,13,15H,1-3,5-7,9,11-12,14H2,(H,22,25). The van der Waals surface area contributed by atoms with Crippen molar-refractivity contribution in [2.24, 2.45) is 11.1 Å². The van der Waals surface area contributed by atoms with Crippen molar-refractivity contribution >= 4 is 23.2 Å². The molecule has 7 heteroatoms. The van der Waals surface area contributed by atoms with Crippen molar-refractivity contribution in [2.75, 3.05) is 18.4 Å². The second kappa shape index (κ2) is 7.66. The number of amides is 2. The highest BCUT2D eigenvalue weighted by Gasteiger charge is 2.46. The van der Waals surface area contributed by atoms with Gasteiger partial charge < -0.3 is 15.1 Å². The van der Waals surface area contributed by atoms with Crippen molar-refractivity contribution in [1.29, 1.82) is 0 Å². The van der Waals surface area contributed by atoms with E-state index >= 15 is 0 Å². The number of pyridine rings is 1. The average molecular weight is 370 g/mol. The van der Waals surface area contributed by atoms with E-state index in [2.05, 4.69) is 15.5 Å². The van der Waals surface area contributed by atoms with Crippen molar-refractivity contribution in [3.8, 4) is 0 Å². The van der Waals surface area contributed by atoms with Crippen LogP contribution in [-0.2, 0) is 14.4 Å². The third-order valence-corrected chi connectivity index (χ3v) is 5.83. The number of nitrogens with one attached hydrogen (secondary N) is 1. The molecule has 1 aliphatic carbocycles. The molecule has 2 aliphatic heterocycles. The van der Waals surface area contributed by atoms with Crippen LogP contribution in [0.25, 0.3) is 0 Å². The van der Waals surface area contributed by atoms with Crippen LogP contribution in [0.15, 0.2) is 29.7 Å². The molecule has 0 bridgehead atoms. The molecule has 27 heavy (non-hydrogen) atoms. The Morgan fingerprint density at radius 2 is 2.07 bits per heavy atom. The molecule has 1 saturated carbocycles. The Morgan fingerprint density at radius 3 is 2.85 bits per heavy atom. The summed E-state index contributed by atoms with van der Waals surface area (Å²) in [5.74, 6) is 0.144. The predicted molar refractivity (Wildman–Crippen MR) is 101 cm³/mol. The lowest BCUT2D eigenvalue weighted by atomic mass is 9.85. The van der Waals surface area contributed by atoms with Crippen molar-refractivity contribution < 1.29 is 14.4 Å². The number of oxime groups is 1. The molecule has 0 aromatic carbocycles. The first-order chi connectivity index (χ1) is 13.2. The van der Waals surface area contributed by atoms with Crippen LogP contribution in [-0.4, -0.2) is 46.1 Å². The van der Waals surface area contributed by atoms with Gasteiger partial charge in [-0.25, -0.2) is 0 Å². The lowest BCUT2D eigenvalue weighted by molar-refractivity contribution is -0.145. The van der Waals surface area contributed by atoms with Crippen LogP contribution in [0.4, 0.5) is 5.69 Å². The molecule has 144 valence electrons. The molecule has 3 heterocycles. The highest BCUT2D eigenvalue weighted by molar-refractivity contribution is 6.43. The summed E-state index contributed by atoms with van der Waals surface area (Å²) in [6.07, 6.45) is 10.9. The summed E-state index contributed by atoms with van der Waals surface area (Å²) >= 11 is 0. The normalized spacial score (nSPS) is 25.8. The highest BCUT2D eigenvalue weighted by Crippen LogP contribution is 2.35. The Hall–Kier alpha value is -2.44. The Bertz CT molecular complexity index is 730. The summed E-state index contributed by atoms with van der Waals surface area (Å²) in [6.45, 7) is 1.30. The van der Waals surface area contributed by atoms with E-state index in [1.165, 1.54) is 6.42 Å². The third-order valence-electron chi connectivity index (χ3n) is 5.83. The van der Waals surface area contributed by atoms with Crippen LogP contribution in [0, 0.1) is 5.92 Å². The maximum absolute atomic E-state index is 12.9. The number of carbonyl (C=O) groups excluding carboxylic acids is 2. The lowest BCUT2D eigenvalue weighted by Crippen LogP contribution is -2.52. The van der Waals surface area contributed by atoms with E-state index in [1.54, 1.807) is 24.5 Å². The second-order valence-corrected chi connectivity index (χ2v) is 7.88. The summed E-state index contributed by atoms with van der Waals surface area (Å²) in [5, 5.41) is 6.86. The molecule has 3 aliphatic rings. The van der Waals surface area contributed by atoms with Crippen molar-refractivity contribution in [3.63, 3.8) is 0 Å². The van der Waals surface area contributed by atoms with Gasteiger partial charge in [0.25, 0.3) is 5.91 Å². The van der Waals surface area contributed by atoms with E-state index in [4.69, 9.17) is 4.84 Å². The van der Waals surface area contributed by atoms with Crippen LogP contribution >= 0.6 is 0 Å². The molecule has 1 saturated heterocycles. The van der Waals surface area contributed by atoms with Crippen LogP contribution in [0.5, 0.6) is 0 Å². The van der Waals surface area contributed by atoms with Crippen LogP contribution in [0.1, 0.15) is 51.4 Å². The van der Waals surface area contributed by atoms with E-state index < -0.39 is 5.60 Å². The van der Waals surface area contributed by atoms with E-state index in [9.17, 15) is 9.59 Å². The quantitative estimate of drug-likeness (QED) is 0.887. The topological polar surface area (TPSA) is 83.9 Å². The molecule has 1 aromatic heterocycles. The molecular formula is C20H26N4O3. The molecule has 7 nitrogen and oxygen atoms in total. The van der Waals surface area contributed by atoms with E-state index in [-0.39, 0.29) is 17.7 Å². The first kappa shape index (κ1) is 17.9. The number of nitrogens with zero attached hydrogens (tertiary/aromatic N) is 3. The number of aromatic nitrogens is 1. The van der Waals surface area contributed by atoms with E-state index in [0.29, 0.717) is 24.4 Å². The van der Waals surface area contributed by atoms with Crippen molar-refractivity contribution in [2.45, 2.75) is 57.0 Å². The number of carbonyl (C=O) groups is 2. The highest BCUT2D eigenvalue weighted by atomic mass is 16.7. The van der Waals surface area contributed by atoms with Gasteiger partial charge in [-0.1, -0.05) is 24.4 Å². The molecule has 1 unspecified atom stereocenters. The SMILES string of the molecule is O=C(Nc1cccnc1)C1=NOC2(CCCN(C(=O)C3CCCCC3)C2)C1. The number of rotatable bonds is 3. The maximum atomic E-state index is 12.9. The summed E-state index contributed by atoms with van der Waals surface area (Å²) in [6, 6.07) is 3.54. The van der Waals surface area contributed by atoms with Gasteiger partial charge in [0.1, 0.15) is 5.71 Å². The van der Waals surface area contributed by atoms with Crippen molar-refractivity contribution in [1.82, 2.24) is 9.88 Å². The zero-order chi connectivity index (χ0) is 18.7. The first-order valence-electron chi connectivity index (χ1n) is 9.90. The fraction of sp³-hybridized carbons (Fsp3) is 0.600. The molecule has 1 N–H and O–H groups in total.